The summed E-state index contributed by atoms with van der Waals surface area (Å²) in [6.07, 6.45) is -0.739. The topological polar surface area (TPSA) is 118 Å². The second-order valence-electron chi connectivity index (χ2n) is 8.50. The summed E-state index contributed by atoms with van der Waals surface area (Å²) in [5.74, 6) is -1.21. The normalized spacial score (nSPS) is 12.6. The Balaban J connectivity index is 2.08. The number of carbonyl (C=O) groups is 3. The van der Waals surface area contributed by atoms with Gasteiger partial charge in [0.15, 0.2) is 0 Å². The van der Waals surface area contributed by atoms with E-state index in [2.05, 4.69) is 16.7 Å². The van der Waals surface area contributed by atoms with Crippen molar-refractivity contribution < 1.29 is 23.9 Å². The van der Waals surface area contributed by atoms with Crippen LogP contribution in [0.3, 0.4) is 0 Å². The van der Waals surface area contributed by atoms with Crippen molar-refractivity contribution in [2.75, 3.05) is 0 Å². The molecule has 0 heterocycles. The first-order valence-electron chi connectivity index (χ1n) is 10.6. The van der Waals surface area contributed by atoms with Crippen LogP contribution in [0.1, 0.15) is 44.4 Å². The fourth-order valence-electron chi connectivity index (χ4n) is 2.91. The summed E-state index contributed by atoms with van der Waals surface area (Å²) >= 11 is 0. The molecule has 2 atom stereocenters. The van der Waals surface area contributed by atoms with Gasteiger partial charge in [-0.15, -0.1) is 0 Å². The van der Waals surface area contributed by atoms with Gasteiger partial charge in [-0.1, -0.05) is 48.5 Å². The van der Waals surface area contributed by atoms with Gasteiger partial charge in [0, 0.05) is 6.42 Å². The quantitative estimate of drug-likeness (QED) is 0.595. The third-order valence-electron chi connectivity index (χ3n) is 4.51. The Morgan fingerprint density at radius 1 is 1.00 bits per heavy atom. The summed E-state index contributed by atoms with van der Waals surface area (Å²) in [5.41, 5.74) is 1.03. The van der Waals surface area contributed by atoms with Gasteiger partial charge in [-0.3, -0.25) is 4.79 Å². The lowest BCUT2D eigenvalue weighted by Gasteiger charge is -2.24. The lowest BCUT2D eigenvalue weighted by atomic mass is 10.00. The first-order chi connectivity index (χ1) is 15.6. The molecule has 8 heteroatoms. The molecule has 2 rings (SSSR count). The molecule has 0 aliphatic carbocycles. The monoisotopic (exact) mass is 451 g/mol. The number of carbonyl (C=O) groups excluding carboxylic acids is 3. The van der Waals surface area contributed by atoms with E-state index in [0.29, 0.717) is 11.1 Å². The average molecular weight is 452 g/mol. The van der Waals surface area contributed by atoms with Crippen LogP contribution in [0.4, 0.5) is 4.79 Å². The third-order valence-corrected chi connectivity index (χ3v) is 4.51. The number of hydrogen-bond donors (Lipinski definition) is 2. The van der Waals surface area contributed by atoms with E-state index in [-0.39, 0.29) is 13.0 Å². The molecule has 0 saturated carbocycles. The van der Waals surface area contributed by atoms with Crippen molar-refractivity contribution >= 4 is 18.0 Å². The molecular weight excluding hydrogens is 422 g/mol. The van der Waals surface area contributed by atoms with Gasteiger partial charge in [-0.25, -0.2) is 9.59 Å². The Labute approximate surface area is 193 Å². The highest BCUT2D eigenvalue weighted by molar-refractivity contribution is 5.89. The molecule has 0 bridgehead atoms. The van der Waals surface area contributed by atoms with Crippen LogP contribution < -0.4 is 10.6 Å². The van der Waals surface area contributed by atoms with E-state index in [1.165, 1.54) is 6.92 Å². The van der Waals surface area contributed by atoms with Gasteiger partial charge in [0.25, 0.3) is 0 Å². The Kier molecular flexibility index (Phi) is 8.98. The first kappa shape index (κ1) is 25.4. The molecule has 0 aromatic heterocycles. The number of nitrogens with one attached hydrogen (secondary N) is 2. The van der Waals surface area contributed by atoms with Crippen LogP contribution >= 0.6 is 0 Å². The summed E-state index contributed by atoms with van der Waals surface area (Å²) in [4.78, 5) is 37.6. The number of esters is 1. The predicted octanol–water partition coefficient (Wildman–Crippen LogP) is 3.24. The molecule has 0 aliphatic heterocycles. The van der Waals surface area contributed by atoms with Gasteiger partial charge >= 0.3 is 12.1 Å². The van der Waals surface area contributed by atoms with E-state index in [1.807, 2.05) is 30.3 Å². The minimum atomic E-state index is -1.07. The molecule has 0 aliphatic rings. The molecule has 174 valence electrons. The predicted molar refractivity (Wildman–Crippen MR) is 122 cm³/mol. The highest BCUT2D eigenvalue weighted by Crippen LogP contribution is 2.12. The number of alkyl carbamates (subject to hydrolysis) is 1. The Morgan fingerprint density at radius 2 is 1.64 bits per heavy atom. The molecule has 2 amide bonds. The minimum absolute atomic E-state index is 0.0423. The molecule has 0 radical (unpaired) electrons. The van der Waals surface area contributed by atoms with Gasteiger partial charge in [0.2, 0.25) is 5.91 Å². The molecule has 2 aromatic carbocycles. The number of nitrogens with zero attached hydrogens (tertiary/aromatic N) is 1. The number of rotatable bonds is 8. The average Bonchev–Trinajstić information content (AvgIpc) is 2.76. The Morgan fingerprint density at radius 3 is 2.27 bits per heavy atom. The van der Waals surface area contributed by atoms with Crippen molar-refractivity contribution in [1.29, 1.82) is 5.26 Å². The second-order valence-corrected chi connectivity index (χ2v) is 8.50. The molecule has 2 aromatic rings. The number of amides is 2. The van der Waals surface area contributed by atoms with Crippen molar-refractivity contribution in [2.45, 2.75) is 58.4 Å². The van der Waals surface area contributed by atoms with Crippen molar-refractivity contribution in [3.8, 4) is 6.07 Å². The Bertz CT molecular complexity index is 1010. The van der Waals surface area contributed by atoms with Crippen molar-refractivity contribution in [1.82, 2.24) is 10.6 Å². The minimum Gasteiger partial charge on any atom is -0.459 e. The van der Waals surface area contributed by atoms with Gasteiger partial charge in [0.1, 0.15) is 24.3 Å². The zero-order valence-electron chi connectivity index (χ0n) is 19.3. The second kappa shape index (κ2) is 11.7. The molecule has 0 fully saturated rings. The SMILES string of the molecule is C[C@H](NC(=O)[C@H](Cc1ccccc1C#N)NC(=O)OC(C)(C)C)C(=O)OCc1ccccc1. The highest BCUT2D eigenvalue weighted by atomic mass is 16.6. The Hall–Kier alpha value is -3.86. The lowest BCUT2D eigenvalue weighted by Crippen LogP contribution is -2.52. The number of benzene rings is 2. The first-order valence-corrected chi connectivity index (χ1v) is 10.6. The largest absolute Gasteiger partial charge is 0.459 e. The fourth-order valence-corrected chi connectivity index (χ4v) is 2.91. The van der Waals surface area contributed by atoms with Crippen molar-refractivity contribution in [3.05, 3.63) is 71.3 Å². The van der Waals surface area contributed by atoms with Gasteiger partial charge in [-0.05, 0) is 44.9 Å². The highest BCUT2D eigenvalue weighted by Gasteiger charge is 2.28. The van der Waals surface area contributed by atoms with E-state index in [9.17, 15) is 19.6 Å². The van der Waals surface area contributed by atoms with E-state index >= 15 is 0 Å². The van der Waals surface area contributed by atoms with Crippen molar-refractivity contribution in [3.63, 3.8) is 0 Å². The smallest absolute Gasteiger partial charge is 0.408 e. The molecule has 0 saturated heterocycles. The summed E-state index contributed by atoms with van der Waals surface area (Å²) in [6.45, 7) is 6.69. The number of hydrogen-bond acceptors (Lipinski definition) is 6. The van der Waals surface area contributed by atoms with Crippen LogP contribution in [0.2, 0.25) is 0 Å². The number of nitriles is 1. The number of ether oxygens (including phenoxy) is 2. The zero-order chi connectivity index (χ0) is 24.4. The lowest BCUT2D eigenvalue weighted by molar-refractivity contribution is -0.148. The summed E-state index contributed by atoms with van der Waals surface area (Å²) in [5, 5.41) is 14.5. The van der Waals surface area contributed by atoms with E-state index in [1.54, 1.807) is 45.0 Å². The maximum atomic E-state index is 13.0. The fraction of sp³-hybridized carbons (Fsp3) is 0.360. The van der Waals surface area contributed by atoms with Gasteiger partial charge in [-0.2, -0.15) is 5.26 Å². The summed E-state index contributed by atoms with van der Waals surface area (Å²) < 4.78 is 10.5. The van der Waals surface area contributed by atoms with Crippen LogP contribution in [0.5, 0.6) is 0 Å². The molecular formula is C25H29N3O5. The molecule has 2 N–H and O–H groups in total. The maximum absolute atomic E-state index is 13.0. The summed E-state index contributed by atoms with van der Waals surface area (Å²) in [7, 11) is 0. The molecule has 0 spiro atoms. The molecule has 33 heavy (non-hydrogen) atoms. The molecule has 8 nitrogen and oxygen atoms in total. The van der Waals surface area contributed by atoms with E-state index < -0.39 is 35.7 Å². The van der Waals surface area contributed by atoms with E-state index in [0.717, 1.165) is 5.56 Å². The van der Waals surface area contributed by atoms with Gasteiger partial charge < -0.3 is 20.1 Å². The third kappa shape index (κ3) is 8.65. The van der Waals surface area contributed by atoms with Crippen LogP contribution in [0.25, 0.3) is 0 Å². The van der Waals surface area contributed by atoms with E-state index in [4.69, 9.17) is 9.47 Å². The van der Waals surface area contributed by atoms with Gasteiger partial charge in [0.05, 0.1) is 11.6 Å². The van der Waals surface area contributed by atoms with Crippen LogP contribution in [0.15, 0.2) is 54.6 Å². The van der Waals surface area contributed by atoms with Crippen LogP contribution in [-0.4, -0.2) is 35.7 Å². The standard InChI is InChI=1S/C25H29N3O5/c1-17(23(30)32-16-18-10-6-5-7-11-18)27-22(29)21(28-24(31)33-25(2,3)4)14-19-12-8-9-13-20(19)15-26/h5-13,17,21H,14,16H2,1-4H3,(H,27,29)(H,28,31)/t17-,21-/m0/s1. The zero-order valence-corrected chi connectivity index (χ0v) is 19.3. The van der Waals surface area contributed by atoms with Crippen LogP contribution in [0, 0.1) is 11.3 Å². The molecule has 0 unspecified atom stereocenters. The summed E-state index contributed by atoms with van der Waals surface area (Å²) in [6, 6.07) is 16.0. The maximum Gasteiger partial charge on any atom is 0.408 e. The van der Waals surface area contributed by atoms with Crippen LogP contribution in [-0.2, 0) is 32.1 Å². The van der Waals surface area contributed by atoms with Crippen molar-refractivity contribution in [2.24, 2.45) is 0 Å².